The van der Waals surface area contributed by atoms with E-state index in [-0.39, 0.29) is 36.7 Å². The standard InChI is InChI=1S/C17H22BN5O7/c19-13(24)7-23-9-20-14(21-23)8-22-5-11(6-22)30-12-2-1-10(3-4-18(28)29)16(25)15(12)17(26)27/h1-2,9,11,25,28-29H,3-8H2,(H2,19,24)(H,26,27). The minimum absolute atomic E-state index is 0.0341. The Labute approximate surface area is 171 Å². The molecule has 1 fully saturated rings. The Morgan fingerprint density at radius 2 is 2.03 bits per heavy atom. The van der Waals surface area contributed by atoms with Crippen LogP contribution in [0.2, 0.25) is 6.32 Å². The number of carboxylic acid groups (broad SMARTS) is 1. The van der Waals surface area contributed by atoms with E-state index in [9.17, 15) is 19.8 Å². The van der Waals surface area contributed by atoms with Crippen molar-refractivity contribution < 1.29 is 34.6 Å². The van der Waals surface area contributed by atoms with Gasteiger partial charge < -0.3 is 30.7 Å². The number of aryl methyl sites for hydroxylation is 1. The number of primary amides is 1. The summed E-state index contributed by atoms with van der Waals surface area (Å²) in [5.41, 5.74) is 5.05. The molecule has 0 unspecified atom stereocenters. The second kappa shape index (κ2) is 9.11. The van der Waals surface area contributed by atoms with Crippen molar-refractivity contribution in [2.24, 2.45) is 5.73 Å². The van der Waals surface area contributed by atoms with Crippen molar-refractivity contribution in [2.45, 2.75) is 31.9 Å². The number of aromatic nitrogens is 3. The molecule has 2 aromatic rings. The van der Waals surface area contributed by atoms with Gasteiger partial charge >= 0.3 is 13.1 Å². The van der Waals surface area contributed by atoms with Crippen molar-refractivity contribution in [1.82, 2.24) is 19.7 Å². The number of phenols is 1. The van der Waals surface area contributed by atoms with E-state index in [1.54, 1.807) is 0 Å². The van der Waals surface area contributed by atoms with E-state index in [2.05, 4.69) is 10.1 Å². The molecule has 160 valence electrons. The van der Waals surface area contributed by atoms with Crippen molar-refractivity contribution in [3.8, 4) is 11.5 Å². The Hall–Kier alpha value is -3.16. The predicted octanol–water partition coefficient (Wildman–Crippen LogP) is -1.55. The lowest BCUT2D eigenvalue weighted by Crippen LogP contribution is -2.53. The molecule has 13 heteroatoms. The number of carbonyl (C=O) groups is 2. The van der Waals surface area contributed by atoms with Gasteiger partial charge in [-0.05, 0) is 24.4 Å². The second-order valence-electron chi connectivity index (χ2n) is 7.03. The molecule has 1 aliphatic rings. The summed E-state index contributed by atoms with van der Waals surface area (Å²) in [7, 11) is -1.55. The molecule has 0 radical (unpaired) electrons. The average Bonchev–Trinajstić information content (AvgIpc) is 3.04. The number of benzene rings is 1. The van der Waals surface area contributed by atoms with Crippen LogP contribution in [0.25, 0.3) is 0 Å². The van der Waals surface area contributed by atoms with Crippen molar-refractivity contribution >= 4 is 19.0 Å². The van der Waals surface area contributed by atoms with Gasteiger partial charge in [0.25, 0.3) is 0 Å². The van der Waals surface area contributed by atoms with E-state index >= 15 is 0 Å². The molecule has 0 atom stereocenters. The van der Waals surface area contributed by atoms with Gasteiger partial charge in [-0.1, -0.05) is 6.07 Å². The quantitative estimate of drug-likeness (QED) is 0.282. The van der Waals surface area contributed by atoms with Crippen molar-refractivity contribution in [1.29, 1.82) is 0 Å². The molecule has 12 nitrogen and oxygen atoms in total. The van der Waals surface area contributed by atoms with E-state index < -0.39 is 24.7 Å². The lowest BCUT2D eigenvalue weighted by Gasteiger charge is -2.38. The molecule has 30 heavy (non-hydrogen) atoms. The molecular weight excluding hydrogens is 397 g/mol. The van der Waals surface area contributed by atoms with Crippen LogP contribution >= 0.6 is 0 Å². The first-order chi connectivity index (χ1) is 14.2. The van der Waals surface area contributed by atoms with E-state index in [0.29, 0.717) is 31.0 Å². The van der Waals surface area contributed by atoms with Gasteiger partial charge in [-0.2, -0.15) is 5.10 Å². The Balaban J connectivity index is 1.58. The number of likely N-dealkylation sites (tertiary alicyclic amines) is 1. The molecular formula is C17H22BN5O7. The van der Waals surface area contributed by atoms with Crippen LogP contribution in [0.1, 0.15) is 21.7 Å². The smallest absolute Gasteiger partial charge is 0.451 e. The van der Waals surface area contributed by atoms with E-state index in [1.807, 2.05) is 4.90 Å². The van der Waals surface area contributed by atoms with Gasteiger partial charge in [0, 0.05) is 13.1 Å². The van der Waals surface area contributed by atoms with Crippen molar-refractivity contribution in [2.75, 3.05) is 13.1 Å². The third kappa shape index (κ3) is 5.26. The molecule has 6 N–H and O–H groups in total. The third-order valence-corrected chi connectivity index (χ3v) is 4.59. The van der Waals surface area contributed by atoms with Crippen LogP contribution in [0, 0.1) is 0 Å². The van der Waals surface area contributed by atoms with Gasteiger partial charge in [-0.15, -0.1) is 0 Å². The number of carbonyl (C=O) groups excluding carboxylic acids is 1. The second-order valence-corrected chi connectivity index (χ2v) is 7.03. The zero-order valence-electron chi connectivity index (χ0n) is 16.0. The van der Waals surface area contributed by atoms with E-state index in [1.165, 1.54) is 23.1 Å². The van der Waals surface area contributed by atoms with E-state index in [0.717, 1.165) is 0 Å². The molecule has 1 amide bonds. The van der Waals surface area contributed by atoms with Gasteiger partial charge in [-0.25, -0.2) is 14.5 Å². The summed E-state index contributed by atoms with van der Waals surface area (Å²) in [6.45, 7) is 1.39. The van der Waals surface area contributed by atoms with Crippen molar-refractivity contribution in [3.63, 3.8) is 0 Å². The summed E-state index contributed by atoms with van der Waals surface area (Å²) in [4.78, 5) is 28.6. The molecule has 2 heterocycles. The highest BCUT2D eigenvalue weighted by Crippen LogP contribution is 2.34. The summed E-state index contributed by atoms with van der Waals surface area (Å²) in [5.74, 6) is -1.73. The van der Waals surface area contributed by atoms with Crippen LogP contribution < -0.4 is 10.5 Å². The highest BCUT2D eigenvalue weighted by Gasteiger charge is 2.31. The van der Waals surface area contributed by atoms with Crippen LogP contribution in [0.15, 0.2) is 18.5 Å². The fraction of sp³-hybridized carbons (Fsp3) is 0.412. The number of nitrogens with zero attached hydrogens (tertiary/aromatic N) is 4. The fourth-order valence-electron chi connectivity index (χ4n) is 3.15. The van der Waals surface area contributed by atoms with Gasteiger partial charge in [0.15, 0.2) is 5.82 Å². The molecule has 0 bridgehead atoms. The highest BCUT2D eigenvalue weighted by molar-refractivity contribution is 6.41. The zero-order valence-corrected chi connectivity index (χ0v) is 16.0. The third-order valence-electron chi connectivity index (χ3n) is 4.59. The van der Waals surface area contributed by atoms with Crippen molar-refractivity contribution in [3.05, 3.63) is 35.4 Å². The lowest BCUT2D eigenvalue weighted by atomic mass is 9.82. The summed E-state index contributed by atoms with van der Waals surface area (Å²) < 4.78 is 7.09. The van der Waals surface area contributed by atoms with Crippen LogP contribution in [-0.4, -0.2) is 78.1 Å². The zero-order chi connectivity index (χ0) is 21.8. The SMILES string of the molecule is NC(=O)Cn1cnc(CN2CC(Oc3ccc(CCB(O)O)c(O)c3C(=O)O)C2)n1. The maximum absolute atomic E-state index is 11.6. The number of hydrogen-bond acceptors (Lipinski definition) is 9. The van der Waals surface area contributed by atoms with Crippen LogP contribution in [0.5, 0.6) is 11.5 Å². The van der Waals surface area contributed by atoms with Crippen LogP contribution in [0.3, 0.4) is 0 Å². The largest absolute Gasteiger partial charge is 0.507 e. The number of carboxylic acids is 1. The van der Waals surface area contributed by atoms with Gasteiger partial charge in [0.1, 0.15) is 36.0 Å². The topological polar surface area (TPSA) is 184 Å². The molecule has 3 rings (SSSR count). The number of aromatic carboxylic acids is 1. The molecule has 1 aliphatic heterocycles. The highest BCUT2D eigenvalue weighted by atomic mass is 16.5. The molecule has 1 saturated heterocycles. The Morgan fingerprint density at radius 1 is 1.30 bits per heavy atom. The maximum Gasteiger partial charge on any atom is 0.451 e. The van der Waals surface area contributed by atoms with Gasteiger partial charge in [0.2, 0.25) is 5.91 Å². The number of ether oxygens (including phenoxy) is 1. The maximum atomic E-state index is 11.6. The first kappa shape index (κ1) is 21.6. The van der Waals surface area contributed by atoms with Crippen LogP contribution in [-0.2, 0) is 24.3 Å². The summed E-state index contributed by atoms with van der Waals surface area (Å²) in [5, 5.41) is 41.8. The minimum Gasteiger partial charge on any atom is -0.507 e. The first-order valence-corrected chi connectivity index (χ1v) is 9.22. The molecule has 1 aromatic heterocycles. The molecule has 0 spiro atoms. The first-order valence-electron chi connectivity index (χ1n) is 9.22. The number of aromatic hydroxyl groups is 1. The summed E-state index contributed by atoms with van der Waals surface area (Å²) in [6.07, 6.45) is 1.22. The molecule has 0 aliphatic carbocycles. The Kier molecular flexibility index (Phi) is 6.55. The summed E-state index contributed by atoms with van der Waals surface area (Å²) >= 11 is 0. The lowest BCUT2D eigenvalue weighted by molar-refractivity contribution is -0.118. The minimum atomic E-state index is -1.55. The number of amides is 1. The van der Waals surface area contributed by atoms with Gasteiger partial charge in [0.05, 0.1) is 6.54 Å². The normalized spacial score (nSPS) is 14.3. The predicted molar refractivity (Wildman–Crippen MR) is 103 cm³/mol. The number of rotatable bonds is 10. The van der Waals surface area contributed by atoms with Crippen LogP contribution in [0.4, 0.5) is 0 Å². The molecule has 1 aromatic carbocycles. The Morgan fingerprint density at radius 3 is 2.67 bits per heavy atom. The fourth-order valence-corrected chi connectivity index (χ4v) is 3.15. The number of nitrogens with two attached hydrogens (primary N) is 1. The van der Waals surface area contributed by atoms with E-state index in [4.69, 9.17) is 20.5 Å². The molecule has 0 saturated carbocycles. The summed E-state index contributed by atoms with van der Waals surface area (Å²) in [6, 6.07) is 2.96. The number of hydrogen-bond donors (Lipinski definition) is 5. The van der Waals surface area contributed by atoms with Gasteiger partial charge in [-0.3, -0.25) is 9.69 Å². The average molecular weight is 419 g/mol. The Bertz CT molecular complexity index is 929. The monoisotopic (exact) mass is 419 g/mol.